The van der Waals surface area contributed by atoms with Gasteiger partial charge in [-0.15, -0.1) is 0 Å². The minimum atomic E-state index is -1.82. The zero-order chi connectivity index (χ0) is 19.7. The van der Waals surface area contributed by atoms with Gasteiger partial charge in [-0.2, -0.15) is 0 Å². The van der Waals surface area contributed by atoms with Gasteiger partial charge in [0.15, 0.2) is 0 Å². The van der Waals surface area contributed by atoms with Gasteiger partial charge >= 0.3 is 11.9 Å². The zero-order valence-corrected chi connectivity index (χ0v) is 17.2. The number of benzene rings is 1. The van der Waals surface area contributed by atoms with Crippen LogP contribution in [0, 0.1) is 18.8 Å². The molecular formula is C19H28BrNO5. The van der Waals surface area contributed by atoms with Gasteiger partial charge in [0.25, 0.3) is 0 Å². The molecule has 26 heavy (non-hydrogen) atoms. The van der Waals surface area contributed by atoms with Gasteiger partial charge in [-0.1, -0.05) is 29.8 Å². The molecule has 2 atom stereocenters. The Balaban J connectivity index is 0.000000487. The van der Waals surface area contributed by atoms with E-state index < -0.39 is 11.9 Å². The zero-order valence-electron chi connectivity index (χ0n) is 15.6. The summed E-state index contributed by atoms with van der Waals surface area (Å²) < 4.78 is 7.00. The summed E-state index contributed by atoms with van der Waals surface area (Å²) in [5.74, 6) is -0.958. The maximum Gasteiger partial charge on any atom is 0.414 e. The van der Waals surface area contributed by atoms with Crippen LogP contribution < -0.4 is 4.74 Å². The minimum absolute atomic E-state index is 0.807. The van der Waals surface area contributed by atoms with Crippen molar-refractivity contribution in [2.24, 2.45) is 11.8 Å². The molecule has 1 aliphatic rings. The third kappa shape index (κ3) is 8.67. The molecule has 0 aromatic heterocycles. The van der Waals surface area contributed by atoms with Crippen molar-refractivity contribution >= 4 is 27.9 Å². The normalized spacial score (nSPS) is 20.0. The van der Waals surface area contributed by atoms with Gasteiger partial charge in [0.1, 0.15) is 5.75 Å². The lowest BCUT2D eigenvalue weighted by Gasteiger charge is -2.34. The quantitative estimate of drug-likeness (QED) is 0.548. The summed E-state index contributed by atoms with van der Waals surface area (Å²) in [6.45, 7) is 11.3. The number of halogens is 1. The Morgan fingerprint density at radius 2 is 1.77 bits per heavy atom. The molecule has 2 unspecified atom stereocenters. The molecule has 0 amide bonds. The summed E-state index contributed by atoms with van der Waals surface area (Å²) in [6.07, 6.45) is 2.49. The van der Waals surface area contributed by atoms with Gasteiger partial charge in [0, 0.05) is 24.1 Å². The second-order valence-corrected chi connectivity index (χ2v) is 7.84. The summed E-state index contributed by atoms with van der Waals surface area (Å²) in [6, 6.07) is 6.18. The van der Waals surface area contributed by atoms with Gasteiger partial charge in [-0.05, 0) is 55.4 Å². The highest BCUT2D eigenvalue weighted by Crippen LogP contribution is 2.23. The van der Waals surface area contributed by atoms with Gasteiger partial charge in [-0.25, -0.2) is 9.59 Å². The van der Waals surface area contributed by atoms with E-state index in [1.165, 1.54) is 25.1 Å². The highest BCUT2D eigenvalue weighted by molar-refractivity contribution is 9.10. The van der Waals surface area contributed by atoms with Crippen LogP contribution in [-0.4, -0.2) is 53.3 Å². The molecule has 2 N–H and O–H groups in total. The number of hydrogen-bond donors (Lipinski definition) is 2. The smallest absolute Gasteiger partial charge is 0.414 e. The van der Waals surface area contributed by atoms with Crippen LogP contribution in [0.5, 0.6) is 5.75 Å². The van der Waals surface area contributed by atoms with Crippen LogP contribution in [0.25, 0.3) is 0 Å². The second-order valence-electron chi connectivity index (χ2n) is 6.93. The number of piperidine rings is 1. The minimum Gasteiger partial charge on any atom is -0.493 e. The Bertz CT molecular complexity index is 586. The summed E-state index contributed by atoms with van der Waals surface area (Å²) in [4.78, 5) is 20.8. The van der Waals surface area contributed by atoms with Crippen LogP contribution in [-0.2, 0) is 9.59 Å². The van der Waals surface area contributed by atoms with Crippen LogP contribution in [0.1, 0.15) is 32.3 Å². The van der Waals surface area contributed by atoms with Crippen molar-refractivity contribution in [3.63, 3.8) is 0 Å². The summed E-state index contributed by atoms with van der Waals surface area (Å²) in [7, 11) is 0. The lowest BCUT2D eigenvalue weighted by molar-refractivity contribution is -0.159. The molecule has 1 heterocycles. The highest BCUT2D eigenvalue weighted by Gasteiger charge is 2.21. The van der Waals surface area contributed by atoms with Gasteiger partial charge in [0.2, 0.25) is 0 Å². The molecule has 146 valence electrons. The van der Waals surface area contributed by atoms with Gasteiger partial charge < -0.3 is 19.8 Å². The number of carbonyl (C=O) groups is 2. The molecule has 1 aliphatic heterocycles. The number of rotatable bonds is 5. The first-order valence-electron chi connectivity index (χ1n) is 8.76. The van der Waals surface area contributed by atoms with Crippen molar-refractivity contribution in [3.05, 3.63) is 28.2 Å². The second kappa shape index (κ2) is 11.2. The first-order valence-corrected chi connectivity index (χ1v) is 9.55. The van der Waals surface area contributed by atoms with E-state index in [0.717, 1.165) is 41.6 Å². The van der Waals surface area contributed by atoms with Gasteiger partial charge in [0.05, 0.1) is 6.61 Å². The van der Waals surface area contributed by atoms with Crippen molar-refractivity contribution in [1.29, 1.82) is 0 Å². The molecular weight excluding hydrogens is 402 g/mol. The largest absolute Gasteiger partial charge is 0.493 e. The number of hydrogen-bond acceptors (Lipinski definition) is 4. The average Bonchev–Trinajstić information content (AvgIpc) is 2.52. The van der Waals surface area contributed by atoms with Crippen molar-refractivity contribution in [2.75, 3.05) is 26.2 Å². The number of aliphatic carboxylic acids is 2. The number of carboxylic acid groups (broad SMARTS) is 2. The van der Waals surface area contributed by atoms with E-state index in [1.807, 2.05) is 12.1 Å². The SMILES string of the molecule is Cc1cc(Br)ccc1OCCCN1CC(C)CC(C)C1.O=C(O)C(=O)O. The van der Waals surface area contributed by atoms with E-state index in [9.17, 15) is 0 Å². The van der Waals surface area contributed by atoms with Crippen molar-refractivity contribution in [1.82, 2.24) is 4.90 Å². The van der Waals surface area contributed by atoms with Crippen LogP contribution >= 0.6 is 15.9 Å². The molecule has 0 aliphatic carbocycles. The summed E-state index contributed by atoms with van der Waals surface area (Å²) in [5, 5.41) is 14.8. The molecule has 1 aromatic rings. The fourth-order valence-corrected chi connectivity index (χ4v) is 3.70. The number of aryl methyl sites for hydroxylation is 1. The summed E-state index contributed by atoms with van der Waals surface area (Å²) >= 11 is 3.48. The lowest BCUT2D eigenvalue weighted by Crippen LogP contribution is -2.39. The molecule has 0 spiro atoms. The third-order valence-corrected chi connectivity index (χ3v) is 4.63. The Labute approximate surface area is 163 Å². The summed E-state index contributed by atoms with van der Waals surface area (Å²) in [5.41, 5.74) is 1.19. The Hall–Kier alpha value is -1.60. The lowest BCUT2D eigenvalue weighted by atomic mass is 9.92. The molecule has 1 saturated heterocycles. The monoisotopic (exact) mass is 429 g/mol. The van der Waals surface area contributed by atoms with E-state index in [1.54, 1.807) is 0 Å². The van der Waals surface area contributed by atoms with E-state index >= 15 is 0 Å². The predicted molar refractivity (Wildman–Crippen MR) is 104 cm³/mol. The first kappa shape index (κ1) is 22.4. The van der Waals surface area contributed by atoms with Crippen LogP contribution in [0.2, 0.25) is 0 Å². The fraction of sp³-hybridized carbons (Fsp3) is 0.579. The molecule has 7 heteroatoms. The Morgan fingerprint density at radius 1 is 1.19 bits per heavy atom. The van der Waals surface area contributed by atoms with Crippen LogP contribution in [0.4, 0.5) is 0 Å². The number of carboxylic acids is 2. The first-order chi connectivity index (χ1) is 12.2. The number of nitrogens with zero attached hydrogens (tertiary/aromatic N) is 1. The molecule has 0 saturated carbocycles. The van der Waals surface area contributed by atoms with E-state index in [0.29, 0.717) is 0 Å². The van der Waals surface area contributed by atoms with E-state index in [4.69, 9.17) is 24.5 Å². The van der Waals surface area contributed by atoms with E-state index in [-0.39, 0.29) is 0 Å². The maximum absolute atomic E-state index is 9.10. The molecule has 2 rings (SSSR count). The van der Waals surface area contributed by atoms with Crippen molar-refractivity contribution < 1.29 is 24.5 Å². The fourth-order valence-electron chi connectivity index (χ4n) is 3.22. The Morgan fingerprint density at radius 3 is 2.27 bits per heavy atom. The number of likely N-dealkylation sites (tertiary alicyclic amines) is 1. The Kier molecular flexibility index (Phi) is 9.65. The molecule has 1 fully saturated rings. The van der Waals surface area contributed by atoms with Crippen LogP contribution in [0.3, 0.4) is 0 Å². The maximum atomic E-state index is 9.10. The van der Waals surface area contributed by atoms with Crippen molar-refractivity contribution in [2.45, 2.75) is 33.6 Å². The molecule has 0 radical (unpaired) electrons. The standard InChI is InChI=1S/C17H26BrNO.C2H2O4/c1-13-9-14(2)12-19(11-13)7-4-8-20-17-6-5-16(18)10-15(17)3;3-1(4)2(5)6/h5-6,10,13-14H,4,7-9,11-12H2,1-3H3;(H,3,4)(H,5,6). The molecule has 1 aromatic carbocycles. The average molecular weight is 430 g/mol. The van der Waals surface area contributed by atoms with Crippen LogP contribution in [0.15, 0.2) is 22.7 Å². The van der Waals surface area contributed by atoms with Gasteiger partial charge in [-0.3, -0.25) is 0 Å². The predicted octanol–water partition coefficient (Wildman–Crippen LogP) is 3.66. The highest BCUT2D eigenvalue weighted by atomic mass is 79.9. The molecule has 0 bridgehead atoms. The van der Waals surface area contributed by atoms with E-state index in [2.05, 4.69) is 47.7 Å². The number of ether oxygens (including phenoxy) is 1. The third-order valence-electron chi connectivity index (χ3n) is 4.14. The molecule has 6 nitrogen and oxygen atoms in total. The van der Waals surface area contributed by atoms with Crippen molar-refractivity contribution in [3.8, 4) is 5.75 Å². The topological polar surface area (TPSA) is 87.1 Å².